The third-order valence-corrected chi connectivity index (χ3v) is 1.03. The average molecular weight is 145 g/mol. The van der Waals surface area contributed by atoms with E-state index < -0.39 is 0 Å². The van der Waals surface area contributed by atoms with Crippen LogP contribution >= 0.6 is 0 Å². The zero-order valence-corrected chi connectivity index (χ0v) is 7.31. The van der Waals surface area contributed by atoms with Crippen LogP contribution in [0.5, 0.6) is 0 Å². The van der Waals surface area contributed by atoms with Gasteiger partial charge in [-0.2, -0.15) is 0 Å². The molecule has 2 N–H and O–H groups in total. The van der Waals surface area contributed by atoms with Crippen LogP contribution in [-0.2, 0) is 4.79 Å². The van der Waals surface area contributed by atoms with Gasteiger partial charge in [0, 0.05) is 6.42 Å². The first-order chi connectivity index (χ1) is 4.77. The summed E-state index contributed by atoms with van der Waals surface area (Å²) in [5, 5.41) is 0. The van der Waals surface area contributed by atoms with E-state index in [0.29, 0.717) is 6.42 Å². The monoisotopic (exact) mass is 145 g/mol. The number of hydrogen-bond donors (Lipinski definition) is 1. The molecule has 62 valence electrons. The Hall–Kier alpha value is -0.530. The van der Waals surface area contributed by atoms with Crippen molar-refractivity contribution in [3.05, 3.63) is 0 Å². The largest absolute Gasteiger partial charge is 0.370 e. The second-order valence-corrected chi connectivity index (χ2v) is 1.92. The molecule has 0 radical (unpaired) electrons. The molecule has 0 heterocycles. The maximum atomic E-state index is 10.1. The Morgan fingerprint density at radius 2 is 1.80 bits per heavy atom. The van der Waals surface area contributed by atoms with Crippen LogP contribution < -0.4 is 5.73 Å². The van der Waals surface area contributed by atoms with Crippen LogP contribution in [0.15, 0.2) is 0 Å². The topological polar surface area (TPSA) is 43.1 Å². The fourth-order valence-corrected chi connectivity index (χ4v) is 0.549. The molecule has 10 heavy (non-hydrogen) atoms. The van der Waals surface area contributed by atoms with Crippen LogP contribution in [-0.4, -0.2) is 5.91 Å². The first kappa shape index (κ1) is 12.2. The summed E-state index contributed by atoms with van der Waals surface area (Å²) in [5.41, 5.74) is 4.89. The molecular formula is C8H19NO. The number of amides is 1. The van der Waals surface area contributed by atoms with E-state index in [1.54, 1.807) is 0 Å². The smallest absolute Gasteiger partial charge is 0.217 e. The van der Waals surface area contributed by atoms with Gasteiger partial charge in [-0.1, -0.05) is 33.6 Å². The van der Waals surface area contributed by atoms with Crippen LogP contribution in [0.1, 0.15) is 46.5 Å². The van der Waals surface area contributed by atoms with Crippen LogP contribution in [0.3, 0.4) is 0 Å². The summed E-state index contributed by atoms with van der Waals surface area (Å²) >= 11 is 0. The third-order valence-electron chi connectivity index (χ3n) is 1.03. The van der Waals surface area contributed by atoms with E-state index in [-0.39, 0.29) is 5.91 Å². The fraction of sp³-hybridized carbons (Fsp3) is 0.875. The Labute approximate surface area is 63.8 Å². The predicted molar refractivity (Wildman–Crippen MR) is 44.7 cm³/mol. The van der Waals surface area contributed by atoms with Crippen molar-refractivity contribution in [1.29, 1.82) is 0 Å². The Morgan fingerprint density at radius 3 is 2.10 bits per heavy atom. The molecule has 0 bridgehead atoms. The van der Waals surface area contributed by atoms with Gasteiger partial charge in [0.05, 0.1) is 0 Å². The first-order valence-corrected chi connectivity index (χ1v) is 4.05. The van der Waals surface area contributed by atoms with Crippen molar-refractivity contribution in [2.45, 2.75) is 46.5 Å². The molecule has 0 aromatic heterocycles. The summed E-state index contributed by atoms with van der Waals surface area (Å²) < 4.78 is 0. The predicted octanol–water partition coefficient (Wildman–Crippen LogP) is 2.08. The number of hydrogen-bond acceptors (Lipinski definition) is 1. The van der Waals surface area contributed by atoms with E-state index in [4.69, 9.17) is 5.73 Å². The minimum Gasteiger partial charge on any atom is -0.370 e. The number of carbonyl (C=O) groups is 1. The van der Waals surface area contributed by atoms with Crippen LogP contribution in [0.2, 0.25) is 0 Å². The highest BCUT2D eigenvalue weighted by Crippen LogP contribution is 1.96. The second kappa shape index (κ2) is 11.3. The van der Waals surface area contributed by atoms with Crippen molar-refractivity contribution in [2.24, 2.45) is 5.73 Å². The van der Waals surface area contributed by atoms with Crippen LogP contribution in [0, 0.1) is 0 Å². The van der Waals surface area contributed by atoms with Gasteiger partial charge in [-0.3, -0.25) is 4.79 Å². The van der Waals surface area contributed by atoms with Crippen molar-refractivity contribution in [3.8, 4) is 0 Å². The maximum Gasteiger partial charge on any atom is 0.217 e. The molecule has 2 nitrogen and oxygen atoms in total. The average Bonchev–Trinajstić information content (AvgIpc) is 1.92. The molecule has 2 heteroatoms. The van der Waals surface area contributed by atoms with E-state index >= 15 is 0 Å². The zero-order chi connectivity index (χ0) is 8.41. The molecule has 0 atom stereocenters. The minimum atomic E-state index is -0.182. The normalized spacial score (nSPS) is 7.90. The van der Waals surface area contributed by atoms with E-state index in [1.165, 1.54) is 0 Å². The lowest BCUT2D eigenvalue weighted by Crippen LogP contribution is -2.09. The van der Waals surface area contributed by atoms with Gasteiger partial charge >= 0.3 is 0 Å². The Bertz CT molecular complexity index is 71.7. The quantitative estimate of drug-likeness (QED) is 0.605. The SMILES string of the molecule is CC.CCCCCC(N)=O. The van der Waals surface area contributed by atoms with E-state index in [1.807, 2.05) is 13.8 Å². The molecule has 0 rings (SSSR count). The van der Waals surface area contributed by atoms with Crippen molar-refractivity contribution in [3.63, 3.8) is 0 Å². The number of rotatable bonds is 4. The summed E-state index contributed by atoms with van der Waals surface area (Å²) in [4.78, 5) is 10.1. The van der Waals surface area contributed by atoms with Gasteiger partial charge in [0.25, 0.3) is 0 Å². The summed E-state index contributed by atoms with van der Waals surface area (Å²) in [6.45, 7) is 6.10. The molecule has 0 aliphatic heterocycles. The zero-order valence-electron chi connectivity index (χ0n) is 7.31. The molecule has 0 aliphatic carbocycles. The van der Waals surface area contributed by atoms with Crippen LogP contribution in [0.25, 0.3) is 0 Å². The molecule has 0 saturated carbocycles. The van der Waals surface area contributed by atoms with Crippen molar-refractivity contribution < 1.29 is 4.79 Å². The summed E-state index contributed by atoms with van der Waals surface area (Å²) in [6.07, 6.45) is 3.76. The van der Waals surface area contributed by atoms with Gasteiger partial charge in [-0.15, -0.1) is 0 Å². The highest BCUT2D eigenvalue weighted by Gasteiger charge is 1.90. The second-order valence-electron chi connectivity index (χ2n) is 1.92. The van der Waals surface area contributed by atoms with E-state index in [2.05, 4.69) is 6.92 Å². The number of primary amides is 1. The molecule has 1 amide bonds. The van der Waals surface area contributed by atoms with Crippen LogP contribution in [0.4, 0.5) is 0 Å². The molecule has 0 aromatic carbocycles. The Balaban J connectivity index is 0. The Morgan fingerprint density at radius 1 is 1.30 bits per heavy atom. The van der Waals surface area contributed by atoms with E-state index in [0.717, 1.165) is 19.3 Å². The molecule has 0 aliphatic rings. The lowest BCUT2D eigenvalue weighted by Gasteiger charge is -1.90. The number of unbranched alkanes of at least 4 members (excludes halogenated alkanes) is 2. The fourth-order valence-electron chi connectivity index (χ4n) is 0.549. The molecule has 0 unspecified atom stereocenters. The van der Waals surface area contributed by atoms with Crippen molar-refractivity contribution in [2.75, 3.05) is 0 Å². The first-order valence-electron chi connectivity index (χ1n) is 4.05. The summed E-state index contributed by atoms with van der Waals surface area (Å²) in [7, 11) is 0. The molecular weight excluding hydrogens is 126 g/mol. The van der Waals surface area contributed by atoms with Gasteiger partial charge < -0.3 is 5.73 Å². The standard InChI is InChI=1S/C6H13NO.C2H6/c1-2-3-4-5-6(7)8;1-2/h2-5H2,1H3,(H2,7,8);1-2H3. The van der Waals surface area contributed by atoms with Crippen molar-refractivity contribution in [1.82, 2.24) is 0 Å². The molecule has 0 saturated heterocycles. The van der Waals surface area contributed by atoms with Gasteiger partial charge in [0.15, 0.2) is 0 Å². The minimum absolute atomic E-state index is 0.182. The maximum absolute atomic E-state index is 10.1. The summed E-state index contributed by atoms with van der Waals surface area (Å²) in [5.74, 6) is -0.182. The van der Waals surface area contributed by atoms with Gasteiger partial charge in [-0.05, 0) is 6.42 Å². The molecule has 0 aromatic rings. The van der Waals surface area contributed by atoms with Gasteiger partial charge in [-0.25, -0.2) is 0 Å². The number of nitrogens with two attached hydrogens (primary N) is 1. The van der Waals surface area contributed by atoms with Gasteiger partial charge in [0.1, 0.15) is 0 Å². The molecule has 0 fully saturated rings. The van der Waals surface area contributed by atoms with Gasteiger partial charge in [0.2, 0.25) is 5.91 Å². The molecule has 0 spiro atoms. The summed E-state index contributed by atoms with van der Waals surface area (Å²) in [6, 6.07) is 0. The Kier molecular flexibility index (Phi) is 13.7. The third kappa shape index (κ3) is 15.6. The number of carbonyl (C=O) groups excluding carboxylic acids is 1. The highest BCUT2D eigenvalue weighted by molar-refractivity contribution is 5.73. The highest BCUT2D eigenvalue weighted by atomic mass is 16.1. The lowest BCUT2D eigenvalue weighted by atomic mass is 10.2. The van der Waals surface area contributed by atoms with E-state index in [9.17, 15) is 4.79 Å². The van der Waals surface area contributed by atoms with Crippen molar-refractivity contribution >= 4 is 5.91 Å². The lowest BCUT2D eigenvalue weighted by molar-refractivity contribution is -0.118.